The topological polar surface area (TPSA) is 55.9 Å². The fourth-order valence-corrected chi connectivity index (χ4v) is 8.11. The third-order valence-electron chi connectivity index (χ3n) is 10.5. The Morgan fingerprint density at radius 2 is 1.56 bits per heavy atom. The van der Waals surface area contributed by atoms with Gasteiger partial charge in [-0.05, 0) is 79.1 Å². The molecule has 1 heterocycles. The molecule has 0 radical (unpaired) electrons. The molecule has 2 aliphatic carbocycles. The van der Waals surface area contributed by atoms with Crippen LogP contribution in [0.25, 0.3) is 11.1 Å². The molecule has 0 bridgehead atoms. The van der Waals surface area contributed by atoms with Gasteiger partial charge in [-0.1, -0.05) is 79.9 Å². The van der Waals surface area contributed by atoms with Crippen LogP contribution in [0.2, 0.25) is 0 Å². The first kappa shape index (κ1) is 33.8. The maximum atomic E-state index is 13.8. The van der Waals surface area contributed by atoms with Gasteiger partial charge >= 0.3 is 6.30 Å². The van der Waals surface area contributed by atoms with Gasteiger partial charge in [-0.3, -0.25) is 19.8 Å². The van der Waals surface area contributed by atoms with Gasteiger partial charge in [0.05, 0.1) is 0 Å². The summed E-state index contributed by atoms with van der Waals surface area (Å²) < 4.78 is 40.7. The molecule has 0 atom stereocenters. The quantitative estimate of drug-likeness (QED) is 0.182. The van der Waals surface area contributed by atoms with Crippen LogP contribution in [0.5, 0.6) is 0 Å². The highest BCUT2D eigenvalue weighted by Gasteiger charge is 2.51. The smallest absolute Gasteiger partial charge is 0.369 e. The van der Waals surface area contributed by atoms with Gasteiger partial charge in [0, 0.05) is 50.0 Å². The predicted molar refractivity (Wildman–Crippen MR) is 184 cm³/mol. The van der Waals surface area contributed by atoms with E-state index in [1.807, 2.05) is 54.3 Å². The van der Waals surface area contributed by atoms with Gasteiger partial charge < -0.3 is 9.80 Å². The van der Waals surface area contributed by atoms with Gasteiger partial charge in [-0.15, -0.1) is 6.58 Å². The number of fused-ring (bicyclic) bond motifs is 3. The summed E-state index contributed by atoms with van der Waals surface area (Å²) in [5.41, 5.74) is 4.16. The molecule has 3 aromatic rings. The maximum Gasteiger partial charge on any atom is 0.484 e. The van der Waals surface area contributed by atoms with E-state index in [1.54, 1.807) is 24.3 Å². The molecule has 48 heavy (non-hydrogen) atoms. The Hall–Kier alpha value is -4.11. The molecule has 1 aliphatic heterocycles. The average Bonchev–Trinajstić information content (AvgIpc) is 3.38. The van der Waals surface area contributed by atoms with E-state index >= 15 is 0 Å². The Kier molecular flexibility index (Phi) is 9.97. The molecule has 1 saturated heterocycles. The van der Waals surface area contributed by atoms with E-state index in [1.165, 1.54) is 11.7 Å². The Morgan fingerprint density at radius 1 is 0.938 bits per heavy atom. The van der Waals surface area contributed by atoms with E-state index in [-0.39, 0.29) is 18.4 Å². The van der Waals surface area contributed by atoms with Crippen molar-refractivity contribution in [2.75, 3.05) is 44.2 Å². The summed E-state index contributed by atoms with van der Waals surface area (Å²) in [7, 11) is 0. The standard InChI is InChI=1S/C39H45F3N4O2/c1-3-21-46(29-12-5-4-6-13-29)36(47)33-27-30(19-18-28(33)2)45-25-23-44(24-26-45)22-11-20-38(37(48)43-39(40,41)42)34-16-9-7-14-31(34)32-15-8-10-17-35(32)38/h3,7-10,14-19,27,29H,1,4-6,11-13,20-26H2,2H3,(H,43,48). The molecule has 0 unspecified atom stereocenters. The number of nitrogens with zero attached hydrogens (tertiary/aromatic N) is 3. The van der Waals surface area contributed by atoms with Gasteiger partial charge in [-0.25, -0.2) is 0 Å². The van der Waals surface area contributed by atoms with E-state index in [2.05, 4.69) is 22.4 Å². The van der Waals surface area contributed by atoms with Crippen LogP contribution in [0.1, 0.15) is 72.0 Å². The number of hydrogen-bond donors (Lipinski definition) is 1. The Labute approximate surface area is 281 Å². The summed E-state index contributed by atoms with van der Waals surface area (Å²) >= 11 is 0. The van der Waals surface area contributed by atoms with Gasteiger partial charge in [-0.2, -0.15) is 13.2 Å². The van der Waals surface area contributed by atoms with Crippen molar-refractivity contribution >= 4 is 17.5 Å². The Morgan fingerprint density at radius 3 is 2.17 bits per heavy atom. The van der Waals surface area contributed by atoms with Crippen molar-refractivity contribution in [3.05, 3.63) is 102 Å². The lowest BCUT2D eigenvalue weighted by Gasteiger charge is -2.37. The normalized spacial score (nSPS) is 17.8. The number of carbonyl (C=O) groups excluding carboxylic acids is 2. The van der Waals surface area contributed by atoms with Crippen LogP contribution in [0.15, 0.2) is 79.4 Å². The fourth-order valence-electron chi connectivity index (χ4n) is 8.11. The number of amides is 2. The van der Waals surface area contributed by atoms with E-state index in [0.717, 1.165) is 79.8 Å². The number of halogens is 3. The summed E-state index contributed by atoms with van der Waals surface area (Å²) in [5, 5.41) is 1.35. The minimum absolute atomic E-state index is 0.0679. The second kappa shape index (κ2) is 14.2. The molecule has 3 aliphatic rings. The lowest BCUT2D eigenvalue weighted by atomic mass is 9.73. The SMILES string of the molecule is C=CCN(C(=O)c1cc(N2CCN(CCCC3(C(=O)NC(F)(F)F)c4ccccc4-c4ccccc43)CC2)ccc1C)C1CCCCC1. The average molecular weight is 659 g/mol. The molecule has 2 fully saturated rings. The molecular formula is C39H45F3N4O2. The molecule has 3 aromatic carbocycles. The number of rotatable bonds is 10. The van der Waals surface area contributed by atoms with Gasteiger partial charge in [0.25, 0.3) is 5.91 Å². The van der Waals surface area contributed by atoms with E-state index in [0.29, 0.717) is 30.6 Å². The predicted octanol–water partition coefficient (Wildman–Crippen LogP) is 7.46. The van der Waals surface area contributed by atoms with Crippen LogP contribution in [-0.4, -0.2) is 73.2 Å². The molecule has 0 aromatic heterocycles. The number of hydrogen-bond acceptors (Lipinski definition) is 4. The Balaban J connectivity index is 1.13. The zero-order valence-corrected chi connectivity index (χ0v) is 27.7. The van der Waals surface area contributed by atoms with Crippen molar-refractivity contribution in [3.63, 3.8) is 0 Å². The highest BCUT2D eigenvalue weighted by atomic mass is 19.4. The number of aryl methyl sites for hydroxylation is 1. The number of benzene rings is 3. The number of anilines is 1. The molecule has 254 valence electrons. The third kappa shape index (κ3) is 6.75. The summed E-state index contributed by atoms with van der Waals surface area (Å²) in [4.78, 5) is 34.0. The molecule has 1 saturated carbocycles. The van der Waals surface area contributed by atoms with Gasteiger partial charge in [0.1, 0.15) is 5.41 Å². The monoisotopic (exact) mass is 658 g/mol. The maximum absolute atomic E-state index is 13.8. The molecular weight excluding hydrogens is 613 g/mol. The first-order valence-corrected chi connectivity index (χ1v) is 17.2. The van der Waals surface area contributed by atoms with Crippen LogP contribution in [0.4, 0.5) is 18.9 Å². The number of nitrogens with one attached hydrogen (secondary N) is 1. The third-order valence-corrected chi connectivity index (χ3v) is 10.5. The molecule has 2 amide bonds. The molecule has 6 nitrogen and oxygen atoms in total. The Bertz CT molecular complexity index is 1590. The first-order valence-electron chi connectivity index (χ1n) is 17.2. The van der Waals surface area contributed by atoms with Crippen LogP contribution >= 0.6 is 0 Å². The number of alkyl halides is 3. The van der Waals surface area contributed by atoms with Gasteiger partial charge in [0.2, 0.25) is 5.91 Å². The highest BCUT2D eigenvalue weighted by Crippen LogP contribution is 2.51. The number of carbonyl (C=O) groups is 2. The number of piperazine rings is 1. The summed E-state index contributed by atoms with van der Waals surface area (Å²) in [6.07, 6.45) is 3.40. The van der Waals surface area contributed by atoms with Crippen molar-refractivity contribution < 1.29 is 22.8 Å². The zero-order chi connectivity index (χ0) is 33.9. The van der Waals surface area contributed by atoms with Crippen molar-refractivity contribution in [1.82, 2.24) is 15.1 Å². The lowest BCUT2D eigenvalue weighted by molar-refractivity contribution is -0.172. The van der Waals surface area contributed by atoms with Crippen LogP contribution in [0.3, 0.4) is 0 Å². The van der Waals surface area contributed by atoms with Crippen molar-refractivity contribution in [3.8, 4) is 11.1 Å². The largest absolute Gasteiger partial charge is 0.484 e. The molecule has 6 rings (SSSR count). The molecule has 1 N–H and O–H groups in total. The van der Waals surface area contributed by atoms with Crippen molar-refractivity contribution in [1.29, 1.82) is 0 Å². The highest BCUT2D eigenvalue weighted by molar-refractivity contribution is 6.00. The summed E-state index contributed by atoms with van der Waals surface area (Å²) in [6, 6.07) is 21.0. The van der Waals surface area contributed by atoms with Crippen LogP contribution in [-0.2, 0) is 10.2 Å². The van der Waals surface area contributed by atoms with Crippen molar-refractivity contribution in [2.24, 2.45) is 0 Å². The molecule has 0 spiro atoms. The van der Waals surface area contributed by atoms with Crippen molar-refractivity contribution in [2.45, 2.75) is 69.6 Å². The summed E-state index contributed by atoms with van der Waals surface area (Å²) in [6.45, 7) is 10.2. The lowest BCUT2D eigenvalue weighted by Crippen LogP contribution is -2.50. The second-order valence-electron chi connectivity index (χ2n) is 13.4. The molecule has 9 heteroatoms. The fraction of sp³-hybridized carbons (Fsp3) is 0.436. The van der Waals surface area contributed by atoms with Gasteiger partial charge in [0.15, 0.2) is 0 Å². The van der Waals surface area contributed by atoms with E-state index in [9.17, 15) is 22.8 Å². The minimum atomic E-state index is -4.83. The van der Waals surface area contributed by atoms with E-state index < -0.39 is 17.6 Å². The van der Waals surface area contributed by atoms with E-state index in [4.69, 9.17) is 0 Å². The summed E-state index contributed by atoms with van der Waals surface area (Å²) in [5.74, 6) is -0.963. The van der Waals surface area contributed by atoms with Crippen LogP contribution in [0, 0.1) is 6.92 Å². The minimum Gasteiger partial charge on any atom is -0.369 e. The van der Waals surface area contributed by atoms with Crippen LogP contribution < -0.4 is 10.2 Å². The zero-order valence-electron chi connectivity index (χ0n) is 27.7. The second-order valence-corrected chi connectivity index (χ2v) is 13.4. The first-order chi connectivity index (χ1) is 23.1.